The average molecular weight is 391 g/mol. The zero-order valence-corrected chi connectivity index (χ0v) is 14.9. The van der Waals surface area contributed by atoms with Gasteiger partial charge in [-0.1, -0.05) is 11.3 Å². The van der Waals surface area contributed by atoms with Crippen molar-refractivity contribution in [1.82, 2.24) is 25.0 Å². The SMILES string of the molecule is N#Cc1ccnc(-c2csc(NC(=O)c3cnnn3-c3cccc(F)c3)n2)c1. The van der Waals surface area contributed by atoms with Crippen molar-refractivity contribution in [2.45, 2.75) is 0 Å². The number of carbonyl (C=O) groups is 1. The number of nitriles is 1. The van der Waals surface area contributed by atoms with Gasteiger partial charge in [0.1, 0.15) is 11.5 Å². The Morgan fingerprint density at radius 3 is 2.96 bits per heavy atom. The van der Waals surface area contributed by atoms with Gasteiger partial charge in [0.05, 0.1) is 29.2 Å². The number of amides is 1. The van der Waals surface area contributed by atoms with E-state index < -0.39 is 11.7 Å². The van der Waals surface area contributed by atoms with Crippen LogP contribution in [0.1, 0.15) is 16.1 Å². The molecule has 0 aliphatic rings. The summed E-state index contributed by atoms with van der Waals surface area (Å²) in [5, 5.41) is 21.3. The van der Waals surface area contributed by atoms with Crippen LogP contribution in [0.2, 0.25) is 0 Å². The second-order valence-corrected chi connectivity index (χ2v) is 6.40. The van der Waals surface area contributed by atoms with E-state index in [9.17, 15) is 9.18 Å². The molecule has 8 nitrogen and oxygen atoms in total. The summed E-state index contributed by atoms with van der Waals surface area (Å²) < 4.78 is 14.7. The van der Waals surface area contributed by atoms with E-state index in [1.165, 1.54) is 46.6 Å². The predicted molar refractivity (Wildman–Crippen MR) is 99.3 cm³/mol. The number of benzene rings is 1. The second kappa shape index (κ2) is 7.34. The Bertz CT molecular complexity index is 1210. The number of rotatable bonds is 4. The zero-order valence-electron chi connectivity index (χ0n) is 14.1. The minimum Gasteiger partial charge on any atom is -0.296 e. The normalized spacial score (nSPS) is 10.4. The molecule has 3 heterocycles. The molecule has 28 heavy (non-hydrogen) atoms. The maximum atomic E-state index is 13.5. The molecule has 1 N–H and O–H groups in total. The van der Waals surface area contributed by atoms with Crippen molar-refractivity contribution in [2.75, 3.05) is 5.32 Å². The Kier molecular flexibility index (Phi) is 4.57. The van der Waals surface area contributed by atoms with Crippen LogP contribution >= 0.6 is 11.3 Å². The maximum Gasteiger partial charge on any atom is 0.277 e. The van der Waals surface area contributed by atoms with Gasteiger partial charge in [-0.3, -0.25) is 15.1 Å². The fourth-order valence-corrected chi connectivity index (χ4v) is 3.14. The molecule has 0 saturated carbocycles. The number of carbonyl (C=O) groups excluding carboxylic acids is 1. The largest absolute Gasteiger partial charge is 0.296 e. The molecule has 0 unspecified atom stereocenters. The van der Waals surface area contributed by atoms with Crippen LogP contribution in [0.15, 0.2) is 54.2 Å². The number of nitrogens with zero attached hydrogens (tertiary/aromatic N) is 6. The molecule has 0 spiro atoms. The van der Waals surface area contributed by atoms with E-state index in [1.54, 1.807) is 23.6 Å². The molecule has 1 aromatic carbocycles. The molecule has 3 aromatic heterocycles. The molecule has 1 amide bonds. The molecule has 136 valence electrons. The molecule has 0 radical (unpaired) electrons. The van der Waals surface area contributed by atoms with Gasteiger partial charge in [0.25, 0.3) is 5.91 Å². The van der Waals surface area contributed by atoms with Crippen LogP contribution in [-0.4, -0.2) is 30.9 Å². The number of thiazole rings is 1. The van der Waals surface area contributed by atoms with Gasteiger partial charge in [-0.05, 0) is 30.3 Å². The van der Waals surface area contributed by atoms with Crippen molar-refractivity contribution in [2.24, 2.45) is 0 Å². The topological polar surface area (TPSA) is 109 Å². The van der Waals surface area contributed by atoms with Crippen molar-refractivity contribution in [3.63, 3.8) is 0 Å². The third kappa shape index (κ3) is 3.46. The first-order valence-electron chi connectivity index (χ1n) is 7.94. The van der Waals surface area contributed by atoms with Gasteiger partial charge in [0.15, 0.2) is 10.8 Å². The van der Waals surface area contributed by atoms with Gasteiger partial charge in [-0.25, -0.2) is 14.1 Å². The lowest BCUT2D eigenvalue weighted by Crippen LogP contribution is -2.17. The van der Waals surface area contributed by atoms with Crippen LogP contribution in [0.5, 0.6) is 0 Å². The first kappa shape index (κ1) is 17.4. The number of nitrogens with one attached hydrogen (secondary N) is 1. The third-order valence-corrected chi connectivity index (χ3v) is 4.47. The van der Waals surface area contributed by atoms with Crippen molar-refractivity contribution in [1.29, 1.82) is 5.26 Å². The van der Waals surface area contributed by atoms with E-state index in [1.807, 2.05) is 6.07 Å². The van der Waals surface area contributed by atoms with Crippen molar-refractivity contribution in [3.8, 4) is 23.1 Å². The van der Waals surface area contributed by atoms with Gasteiger partial charge in [-0.2, -0.15) is 5.26 Å². The Morgan fingerprint density at radius 2 is 2.14 bits per heavy atom. The minimum atomic E-state index is -0.492. The smallest absolute Gasteiger partial charge is 0.277 e. The highest BCUT2D eigenvalue weighted by molar-refractivity contribution is 7.14. The maximum absolute atomic E-state index is 13.5. The standard InChI is InChI=1S/C18H10FN7OS/c19-12-2-1-3-13(7-12)26-16(9-22-25-26)17(27)24-18-23-15(10-28-18)14-6-11(8-20)4-5-21-14/h1-7,9-10H,(H,23,24,27). The van der Waals surface area contributed by atoms with E-state index in [0.717, 1.165) is 0 Å². The van der Waals surface area contributed by atoms with E-state index in [-0.39, 0.29) is 5.69 Å². The number of pyridine rings is 1. The second-order valence-electron chi connectivity index (χ2n) is 5.54. The Balaban J connectivity index is 1.57. The minimum absolute atomic E-state index is 0.131. The third-order valence-electron chi connectivity index (χ3n) is 3.71. The van der Waals surface area contributed by atoms with Gasteiger partial charge in [0, 0.05) is 11.6 Å². The summed E-state index contributed by atoms with van der Waals surface area (Å²) in [7, 11) is 0. The van der Waals surface area contributed by atoms with Crippen molar-refractivity contribution >= 4 is 22.4 Å². The first-order valence-corrected chi connectivity index (χ1v) is 8.82. The molecule has 10 heteroatoms. The number of anilines is 1. The molecule has 0 fully saturated rings. The van der Waals surface area contributed by atoms with Crippen LogP contribution < -0.4 is 5.32 Å². The Morgan fingerprint density at radius 1 is 1.25 bits per heavy atom. The van der Waals surface area contributed by atoms with Crippen LogP contribution in [0.4, 0.5) is 9.52 Å². The molecule has 0 aliphatic carbocycles. The summed E-state index contributed by atoms with van der Waals surface area (Å²) in [6.45, 7) is 0. The summed E-state index contributed by atoms with van der Waals surface area (Å²) in [6, 6.07) is 10.9. The van der Waals surface area contributed by atoms with E-state index in [2.05, 4.69) is 25.6 Å². The first-order chi connectivity index (χ1) is 13.6. The Hall–Kier alpha value is -3.97. The number of halogens is 1. The summed E-state index contributed by atoms with van der Waals surface area (Å²) >= 11 is 1.21. The monoisotopic (exact) mass is 391 g/mol. The molecule has 0 saturated heterocycles. The van der Waals surface area contributed by atoms with Crippen molar-refractivity contribution in [3.05, 3.63) is 71.2 Å². The van der Waals surface area contributed by atoms with Gasteiger partial charge >= 0.3 is 0 Å². The van der Waals surface area contributed by atoms with Crippen LogP contribution in [0.3, 0.4) is 0 Å². The highest BCUT2D eigenvalue weighted by Gasteiger charge is 2.17. The van der Waals surface area contributed by atoms with E-state index in [4.69, 9.17) is 5.26 Å². The Labute approximate surface area is 161 Å². The van der Waals surface area contributed by atoms with Gasteiger partial charge < -0.3 is 0 Å². The molecule has 4 aromatic rings. The fourth-order valence-electron chi connectivity index (χ4n) is 2.44. The van der Waals surface area contributed by atoms with Crippen molar-refractivity contribution < 1.29 is 9.18 Å². The molecular formula is C18H10FN7OS. The summed E-state index contributed by atoms with van der Waals surface area (Å²) in [4.78, 5) is 21.1. The number of hydrogen-bond donors (Lipinski definition) is 1. The molecule has 0 atom stereocenters. The summed E-state index contributed by atoms with van der Waals surface area (Å²) in [5.41, 5.74) is 2.04. The highest BCUT2D eigenvalue weighted by Crippen LogP contribution is 2.24. The fraction of sp³-hybridized carbons (Fsp3) is 0. The lowest BCUT2D eigenvalue weighted by atomic mass is 10.2. The van der Waals surface area contributed by atoms with Crippen LogP contribution in [-0.2, 0) is 0 Å². The van der Waals surface area contributed by atoms with E-state index in [0.29, 0.717) is 27.8 Å². The highest BCUT2D eigenvalue weighted by atomic mass is 32.1. The molecule has 0 bridgehead atoms. The summed E-state index contributed by atoms with van der Waals surface area (Å²) in [6.07, 6.45) is 2.81. The average Bonchev–Trinajstić information content (AvgIpc) is 3.38. The zero-order chi connectivity index (χ0) is 19.5. The predicted octanol–water partition coefficient (Wildman–Crippen LogP) is 3.05. The van der Waals surface area contributed by atoms with E-state index >= 15 is 0 Å². The molecule has 0 aliphatic heterocycles. The number of aromatic nitrogens is 5. The molecule has 4 rings (SSSR count). The molecular weight excluding hydrogens is 381 g/mol. The number of hydrogen-bond acceptors (Lipinski definition) is 7. The lowest BCUT2D eigenvalue weighted by Gasteiger charge is -2.05. The van der Waals surface area contributed by atoms with Crippen LogP contribution in [0.25, 0.3) is 17.1 Å². The van der Waals surface area contributed by atoms with Crippen LogP contribution in [0, 0.1) is 17.1 Å². The quantitative estimate of drug-likeness (QED) is 0.573. The lowest BCUT2D eigenvalue weighted by molar-refractivity contribution is 0.101. The van der Waals surface area contributed by atoms with Gasteiger partial charge in [0.2, 0.25) is 0 Å². The van der Waals surface area contributed by atoms with Gasteiger partial charge in [-0.15, -0.1) is 16.4 Å². The summed E-state index contributed by atoms with van der Waals surface area (Å²) in [5.74, 6) is -0.940.